The lowest BCUT2D eigenvalue weighted by Crippen LogP contribution is -2.55. The van der Waals surface area contributed by atoms with Crippen LogP contribution in [0.3, 0.4) is 0 Å². The quantitative estimate of drug-likeness (QED) is 0.163. The van der Waals surface area contributed by atoms with E-state index in [0.29, 0.717) is 15.6 Å². The molecule has 11 heteroatoms. The molecule has 4 aromatic rings. The Morgan fingerprint density at radius 2 is 1.48 bits per heavy atom. The molecule has 1 N–H and O–H groups in total. The summed E-state index contributed by atoms with van der Waals surface area (Å²) >= 11 is 13.2. The topological polar surface area (TPSA) is 86.8 Å². The summed E-state index contributed by atoms with van der Waals surface area (Å²) in [5.41, 5.74) is 2.18. The molecule has 7 nitrogen and oxygen atoms in total. The molecule has 1 aliphatic rings. The van der Waals surface area contributed by atoms with Crippen LogP contribution >= 0.6 is 23.2 Å². The van der Waals surface area contributed by atoms with Gasteiger partial charge in [-0.15, -0.1) is 0 Å². The zero-order chi connectivity index (χ0) is 34.3. The summed E-state index contributed by atoms with van der Waals surface area (Å²) in [7, 11) is -4.32. The van der Waals surface area contributed by atoms with Crippen molar-refractivity contribution in [2.24, 2.45) is 0 Å². The van der Waals surface area contributed by atoms with E-state index < -0.39 is 34.3 Å². The molecule has 1 atom stereocenters. The first-order chi connectivity index (χ1) is 23.0. The molecule has 1 fully saturated rings. The summed E-state index contributed by atoms with van der Waals surface area (Å²) < 4.78 is 43.3. The largest absolute Gasteiger partial charge is 0.352 e. The average Bonchev–Trinajstić information content (AvgIpc) is 3.08. The third-order valence-corrected chi connectivity index (χ3v) is 11.1. The van der Waals surface area contributed by atoms with E-state index in [1.807, 2.05) is 37.3 Å². The summed E-state index contributed by atoms with van der Waals surface area (Å²) in [6.07, 6.45) is 4.92. The fraction of sp³-hybridized carbons (Fsp3) is 0.297. The number of amides is 2. The lowest BCUT2D eigenvalue weighted by Gasteiger charge is -2.35. The molecule has 0 bridgehead atoms. The molecule has 0 spiro atoms. The Labute approximate surface area is 291 Å². The maximum atomic E-state index is 14.7. The second kappa shape index (κ2) is 16.0. The van der Waals surface area contributed by atoms with Crippen molar-refractivity contribution in [2.45, 2.75) is 69.0 Å². The van der Waals surface area contributed by atoms with Crippen LogP contribution in [-0.4, -0.2) is 43.8 Å². The third kappa shape index (κ3) is 8.75. The van der Waals surface area contributed by atoms with E-state index in [-0.39, 0.29) is 35.5 Å². The first kappa shape index (κ1) is 35.4. The Bertz CT molecular complexity index is 1800. The van der Waals surface area contributed by atoms with Crippen LogP contribution in [0.5, 0.6) is 0 Å². The molecular weight excluding hydrogens is 672 g/mol. The number of carbonyl (C=O) groups excluding carboxylic acids is 2. The number of anilines is 1. The van der Waals surface area contributed by atoms with Crippen molar-refractivity contribution in [3.8, 4) is 0 Å². The van der Waals surface area contributed by atoms with Gasteiger partial charge in [0.1, 0.15) is 18.4 Å². The standard InChI is InChI=1S/C37H38Cl2FN3O4S/c1-26-15-21-31(22-16-26)48(46,47)43(30-19-17-28(40)18-20-30)25-36(44)42(24-32-33(38)13-8-14-34(32)39)35(23-27-9-4-2-5-10-27)37(45)41-29-11-6-3-7-12-29/h2,4-5,8-10,13-22,29,35H,3,6-7,11-12,23-25H2,1H3,(H,41,45)/t35-/m1/s1. The number of halogens is 3. The molecule has 252 valence electrons. The number of carbonyl (C=O) groups is 2. The van der Waals surface area contributed by atoms with Gasteiger partial charge in [-0.1, -0.05) is 96.6 Å². The minimum absolute atomic E-state index is 0.0389. The number of sulfonamides is 1. The van der Waals surface area contributed by atoms with Crippen LogP contribution in [0, 0.1) is 12.7 Å². The maximum absolute atomic E-state index is 14.7. The van der Waals surface area contributed by atoms with Crippen LogP contribution in [0.1, 0.15) is 48.8 Å². The van der Waals surface area contributed by atoms with Crippen LogP contribution in [0.25, 0.3) is 0 Å². The fourth-order valence-corrected chi connectivity index (χ4v) is 7.86. The molecule has 0 saturated heterocycles. The zero-order valence-electron chi connectivity index (χ0n) is 26.6. The van der Waals surface area contributed by atoms with E-state index >= 15 is 0 Å². The van der Waals surface area contributed by atoms with Crippen molar-refractivity contribution in [3.05, 3.63) is 130 Å². The maximum Gasteiger partial charge on any atom is 0.264 e. The highest BCUT2D eigenvalue weighted by Crippen LogP contribution is 2.29. The molecule has 1 saturated carbocycles. The highest BCUT2D eigenvalue weighted by Gasteiger charge is 2.36. The molecule has 0 heterocycles. The van der Waals surface area contributed by atoms with Gasteiger partial charge in [0.25, 0.3) is 10.0 Å². The molecule has 5 rings (SSSR count). The van der Waals surface area contributed by atoms with Crippen LogP contribution in [-0.2, 0) is 32.6 Å². The van der Waals surface area contributed by atoms with Crippen molar-refractivity contribution in [1.29, 1.82) is 0 Å². The van der Waals surface area contributed by atoms with Gasteiger partial charge in [0, 0.05) is 34.6 Å². The molecule has 2 amide bonds. The molecule has 48 heavy (non-hydrogen) atoms. The monoisotopic (exact) mass is 709 g/mol. The number of rotatable bonds is 12. The van der Waals surface area contributed by atoms with Gasteiger partial charge in [0.2, 0.25) is 11.8 Å². The van der Waals surface area contributed by atoms with Crippen molar-refractivity contribution in [2.75, 3.05) is 10.8 Å². The highest BCUT2D eigenvalue weighted by atomic mass is 35.5. The van der Waals surface area contributed by atoms with Gasteiger partial charge in [-0.3, -0.25) is 13.9 Å². The van der Waals surface area contributed by atoms with Gasteiger partial charge < -0.3 is 10.2 Å². The molecule has 0 radical (unpaired) electrons. The Balaban J connectivity index is 1.59. The molecule has 4 aromatic carbocycles. The lowest BCUT2D eigenvalue weighted by molar-refractivity contribution is -0.140. The molecule has 0 aliphatic heterocycles. The first-order valence-corrected chi connectivity index (χ1v) is 18.1. The number of benzene rings is 4. The van der Waals surface area contributed by atoms with Gasteiger partial charge in [0.15, 0.2) is 0 Å². The molecule has 1 aliphatic carbocycles. The molecule has 0 unspecified atom stereocenters. The second-order valence-corrected chi connectivity index (χ2v) is 14.7. The second-order valence-electron chi connectivity index (χ2n) is 12.1. The molecular formula is C37H38Cl2FN3O4S. The number of hydrogen-bond donors (Lipinski definition) is 1. The van der Waals surface area contributed by atoms with Crippen molar-refractivity contribution in [1.82, 2.24) is 10.2 Å². The van der Waals surface area contributed by atoms with Crippen molar-refractivity contribution in [3.63, 3.8) is 0 Å². The van der Waals surface area contributed by atoms with E-state index in [1.54, 1.807) is 30.3 Å². The SMILES string of the molecule is Cc1ccc(S(=O)(=O)N(CC(=O)N(Cc2c(Cl)cccc2Cl)[C@H](Cc2ccccc2)C(=O)NC2CCCCC2)c2ccc(F)cc2)cc1. The minimum atomic E-state index is -4.32. The summed E-state index contributed by atoms with van der Waals surface area (Å²) in [5.74, 6) is -1.57. The number of nitrogens with zero attached hydrogens (tertiary/aromatic N) is 2. The summed E-state index contributed by atoms with van der Waals surface area (Å²) in [4.78, 5) is 30.2. The summed E-state index contributed by atoms with van der Waals surface area (Å²) in [5, 5.41) is 3.77. The van der Waals surface area contributed by atoms with Crippen LogP contribution in [0.2, 0.25) is 10.0 Å². The van der Waals surface area contributed by atoms with Gasteiger partial charge in [-0.25, -0.2) is 12.8 Å². The van der Waals surface area contributed by atoms with E-state index in [0.717, 1.165) is 59.7 Å². The fourth-order valence-electron chi connectivity index (χ4n) is 5.93. The van der Waals surface area contributed by atoms with Gasteiger partial charge >= 0.3 is 0 Å². The predicted octanol–water partition coefficient (Wildman–Crippen LogP) is 7.73. The van der Waals surface area contributed by atoms with Crippen LogP contribution < -0.4 is 9.62 Å². The Hall–Kier alpha value is -3.92. The van der Waals surface area contributed by atoms with Crippen molar-refractivity contribution >= 4 is 50.7 Å². The van der Waals surface area contributed by atoms with E-state index in [1.165, 1.54) is 29.2 Å². The minimum Gasteiger partial charge on any atom is -0.352 e. The van der Waals surface area contributed by atoms with Crippen LogP contribution in [0.15, 0.2) is 102 Å². The first-order valence-electron chi connectivity index (χ1n) is 15.9. The predicted molar refractivity (Wildman–Crippen MR) is 188 cm³/mol. The number of nitrogens with one attached hydrogen (secondary N) is 1. The Morgan fingerprint density at radius 1 is 0.854 bits per heavy atom. The molecule has 0 aromatic heterocycles. The summed E-state index contributed by atoms with van der Waals surface area (Å²) in [6, 6.07) is 24.3. The van der Waals surface area contributed by atoms with E-state index in [4.69, 9.17) is 23.2 Å². The third-order valence-electron chi connectivity index (χ3n) is 8.62. The van der Waals surface area contributed by atoms with Gasteiger partial charge in [-0.05, 0) is 73.9 Å². The number of hydrogen-bond acceptors (Lipinski definition) is 4. The lowest BCUT2D eigenvalue weighted by atomic mass is 9.94. The van der Waals surface area contributed by atoms with Crippen molar-refractivity contribution < 1.29 is 22.4 Å². The van der Waals surface area contributed by atoms with Gasteiger partial charge in [0.05, 0.1) is 10.6 Å². The summed E-state index contributed by atoms with van der Waals surface area (Å²) in [6.45, 7) is 1.00. The van der Waals surface area contributed by atoms with Gasteiger partial charge in [-0.2, -0.15) is 0 Å². The smallest absolute Gasteiger partial charge is 0.264 e. The normalized spacial score (nSPS) is 14.2. The Morgan fingerprint density at radius 3 is 2.10 bits per heavy atom. The average molecular weight is 711 g/mol. The zero-order valence-corrected chi connectivity index (χ0v) is 28.9. The van der Waals surface area contributed by atoms with Crippen LogP contribution in [0.4, 0.5) is 10.1 Å². The van der Waals surface area contributed by atoms with E-state index in [2.05, 4.69) is 5.32 Å². The Kier molecular flexibility index (Phi) is 11.8. The van der Waals surface area contributed by atoms with E-state index in [9.17, 15) is 22.4 Å². The number of aryl methyl sites for hydroxylation is 1. The highest BCUT2D eigenvalue weighted by molar-refractivity contribution is 7.92.